The summed E-state index contributed by atoms with van der Waals surface area (Å²) in [6, 6.07) is 9.89. The number of hydrogen-bond donors (Lipinski definition) is 2. The van der Waals surface area contributed by atoms with E-state index in [0.29, 0.717) is 6.54 Å². The van der Waals surface area contributed by atoms with Crippen molar-refractivity contribution in [3.05, 3.63) is 42.0 Å². The van der Waals surface area contributed by atoms with Crippen molar-refractivity contribution in [1.82, 2.24) is 5.32 Å². The first-order chi connectivity index (χ1) is 10.2. The fourth-order valence-electron chi connectivity index (χ4n) is 3.00. The van der Waals surface area contributed by atoms with Gasteiger partial charge in [0.2, 0.25) is 5.91 Å². The number of carbonyl (C=O) groups excluding carboxylic acids is 1. The number of carbonyl (C=O) groups is 1. The van der Waals surface area contributed by atoms with Crippen molar-refractivity contribution in [3.63, 3.8) is 0 Å². The van der Waals surface area contributed by atoms with Crippen LogP contribution in [0.25, 0.3) is 5.57 Å². The maximum atomic E-state index is 12.1. The van der Waals surface area contributed by atoms with E-state index in [-0.39, 0.29) is 17.9 Å². The second kappa shape index (κ2) is 7.41. The molecule has 114 valence electrons. The number of allylic oxidation sites excluding steroid dienone is 1. The van der Waals surface area contributed by atoms with Crippen LogP contribution in [0.3, 0.4) is 0 Å². The molecule has 0 spiro atoms. The highest BCUT2D eigenvalue weighted by Gasteiger charge is 2.31. The smallest absolute Gasteiger partial charge is 0.244 e. The Hall–Kier alpha value is -1.61. The summed E-state index contributed by atoms with van der Waals surface area (Å²) >= 11 is 0. The molecule has 1 aromatic rings. The van der Waals surface area contributed by atoms with Crippen molar-refractivity contribution < 1.29 is 9.90 Å². The van der Waals surface area contributed by atoms with Gasteiger partial charge in [-0.1, -0.05) is 49.6 Å². The lowest BCUT2D eigenvalue weighted by molar-refractivity contribution is -0.117. The van der Waals surface area contributed by atoms with E-state index in [1.54, 1.807) is 6.08 Å². The summed E-state index contributed by atoms with van der Waals surface area (Å²) in [5.41, 5.74) is 1.90. The van der Waals surface area contributed by atoms with Crippen LogP contribution in [0.2, 0.25) is 0 Å². The third-order valence-corrected chi connectivity index (χ3v) is 4.46. The summed E-state index contributed by atoms with van der Waals surface area (Å²) in [4.78, 5) is 12.1. The largest absolute Gasteiger partial charge is 0.396 e. The van der Waals surface area contributed by atoms with Crippen LogP contribution in [0.15, 0.2) is 36.4 Å². The molecule has 0 heterocycles. The Morgan fingerprint density at radius 3 is 2.52 bits per heavy atom. The van der Waals surface area contributed by atoms with Crippen LogP contribution in [0.4, 0.5) is 0 Å². The Bertz CT molecular complexity index is 487. The number of rotatable bonds is 5. The molecule has 0 atom stereocenters. The van der Waals surface area contributed by atoms with Gasteiger partial charge in [-0.15, -0.1) is 0 Å². The quantitative estimate of drug-likeness (QED) is 0.817. The number of aliphatic hydroxyl groups is 1. The summed E-state index contributed by atoms with van der Waals surface area (Å²) in [6.45, 7) is 2.67. The van der Waals surface area contributed by atoms with Gasteiger partial charge in [0, 0.05) is 18.0 Å². The van der Waals surface area contributed by atoms with Crippen molar-refractivity contribution in [2.75, 3.05) is 13.2 Å². The summed E-state index contributed by atoms with van der Waals surface area (Å²) < 4.78 is 0. The monoisotopic (exact) mass is 287 g/mol. The standard InChI is InChI=1S/C18H25NO2/c1-15(16-8-4-2-5-9-16)12-17(21)19-13-18(14-20)10-6-3-7-11-18/h2,4-5,8-9,12,20H,3,6-7,10-11,13-14H2,1H3,(H,19,21)/b15-12+. The van der Waals surface area contributed by atoms with Gasteiger partial charge in [-0.2, -0.15) is 0 Å². The predicted molar refractivity (Wildman–Crippen MR) is 85.7 cm³/mol. The molecule has 3 heteroatoms. The van der Waals surface area contributed by atoms with Gasteiger partial charge in [-0.3, -0.25) is 4.79 Å². The molecule has 1 fully saturated rings. The average molecular weight is 287 g/mol. The van der Waals surface area contributed by atoms with Crippen LogP contribution in [0, 0.1) is 5.41 Å². The maximum Gasteiger partial charge on any atom is 0.244 e. The molecule has 1 aliphatic rings. The summed E-state index contributed by atoms with van der Waals surface area (Å²) in [5, 5.41) is 12.6. The molecule has 1 saturated carbocycles. The Labute approximate surface area is 127 Å². The molecule has 0 saturated heterocycles. The van der Waals surface area contributed by atoms with E-state index < -0.39 is 0 Å². The Morgan fingerprint density at radius 1 is 1.24 bits per heavy atom. The minimum absolute atomic E-state index is 0.0743. The van der Waals surface area contributed by atoms with E-state index in [2.05, 4.69) is 5.32 Å². The van der Waals surface area contributed by atoms with Crippen LogP contribution < -0.4 is 5.32 Å². The Kier molecular flexibility index (Phi) is 5.57. The SMILES string of the molecule is C/C(=C\C(=O)NCC1(CO)CCCCC1)c1ccccc1. The molecule has 2 N–H and O–H groups in total. The highest BCUT2D eigenvalue weighted by Crippen LogP contribution is 2.35. The summed E-state index contributed by atoms with van der Waals surface area (Å²) in [6.07, 6.45) is 7.19. The number of amides is 1. The van der Waals surface area contributed by atoms with Crippen molar-refractivity contribution in [2.45, 2.75) is 39.0 Å². The molecule has 0 aliphatic heterocycles. The minimum atomic E-state index is -0.109. The van der Waals surface area contributed by atoms with Crippen molar-refractivity contribution in [1.29, 1.82) is 0 Å². The van der Waals surface area contributed by atoms with E-state index in [1.807, 2.05) is 37.3 Å². The molecule has 1 amide bonds. The van der Waals surface area contributed by atoms with Crippen molar-refractivity contribution in [2.24, 2.45) is 5.41 Å². The van der Waals surface area contributed by atoms with Crippen molar-refractivity contribution >= 4 is 11.5 Å². The number of aliphatic hydroxyl groups excluding tert-OH is 1. The van der Waals surface area contributed by atoms with E-state index in [0.717, 1.165) is 36.8 Å². The molecule has 0 radical (unpaired) electrons. The molecule has 0 bridgehead atoms. The van der Waals surface area contributed by atoms with Gasteiger partial charge in [-0.25, -0.2) is 0 Å². The molecular formula is C18H25NO2. The van der Waals surface area contributed by atoms with Gasteiger partial charge >= 0.3 is 0 Å². The first kappa shape index (κ1) is 15.8. The lowest BCUT2D eigenvalue weighted by Gasteiger charge is -2.35. The van der Waals surface area contributed by atoms with Crippen LogP contribution in [-0.2, 0) is 4.79 Å². The molecule has 2 rings (SSSR count). The number of nitrogens with one attached hydrogen (secondary N) is 1. The fourth-order valence-corrected chi connectivity index (χ4v) is 3.00. The van der Waals surface area contributed by atoms with Crippen LogP contribution in [-0.4, -0.2) is 24.2 Å². The van der Waals surface area contributed by atoms with Crippen LogP contribution >= 0.6 is 0 Å². The van der Waals surface area contributed by atoms with Gasteiger partial charge in [-0.05, 0) is 30.9 Å². The Morgan fingerprint density at radius 2 is 1.90 bits per heavy atom. The van der Waals surface area contributed by atoms with E-state index >= 15 is 0 Å². The summed E-state index contributed by atoms with van der Waals surface area (Å²) in [7, 11) is 0. The predicted octanol–water partition coefficient (Wildman–Crippen LogP) is 3.15. The lowest BCUT2D eigenvalue weighted by atomic mass is 9.74. The first-order valence-electron chi connectivity index (χ1n) is 7.78. The second-order valence-electron chi connectivity index (χ2n) is 6.13. The maximum absolute atomic E-state index is 12.1. The highest BCUT2D eigenvalue weighted by atomic mass is 16.3. The summed E-state index contributed by atoms with van der Waals surface area (Å²) in [5.74, 6) is -0.0743. The molecule has 1 aliphatic carbocycles. The van der Waals surface area contributed by atoms with Gasteiger partial charge < -0.3 is 10.4 Å². The number of benzene rings is 1. The third-order valence-electron chi connectivity index (χ3n) is 4.46. The van der Waals surface area contributed by atoms with Gasteiger partial charge in [0.15, 0.2) is 0 Å². The van der Waals surface area contributed by atoms with E-state index in [4.69, 9.17) is 0 Å². The first-order valence-corrected chi connectivity index (χ1v) is 7.78. The molecule has 1 aromatic carbocycles. The number of hydrogen-bond acceptors (Lipinski definition) is 2. The van der Waals surface area contributed by atoms with Gasteiger partial charge in [0.25, 0.3) is 0 Å². The second-order valence-corrected chi connectivity index (χ2v) is 6.13. The van der Waals surface area contributed by atoms with E-state index in [9.17, 15) is 9.90 Å². The fraction of sp³-hybridized carbons (Fsp3) is 0.500. The molecular weight excluding hydrogens is 262 g/mol. The van der Waals surface area contributed by atoms with Crippen LogP contribution in [0.1, 0.15) is 44.6 Å². The van der Waals surface area contributed by atoms with E-state index in [1.165, 1.54) is 6.42 Å². The molecule has 0 aromatic heterocycles. The average Bonchev–Trinajstić information content (AvgIpc) is 2.54. The topological polar surface area (TPSA) is 49.3 Å². The molecule has 3 nitrogen and oxygen atoms in total. The molecule has 21 heavy (non-hydrogen) atoms. The lowest BCUT2D eigenvalue weighted by Crippen LogP contribution is -2.41. The van der Waals surface area contributed by atoms with Gasteiger partial charge in [0.1, 0.15) is 0 Å². The van der Waals surface area contributed by atoms with Gasteiger partial charge in [0.05, 0.1) is 6.61 Å². The zero-order chi connectivity index (χ0) is 15.1. The Balaban J connectivity index is 1.92. The zero-order valence-electron chi connectivity index (χ0n) is 12.8. The third kappa shape index (κ3) is 4.43. The van der Waals surface area contributed by atoms with Crippen LogP contribution in [0.5, 0.6) is 0 Å². The normalized spacial score (nSPS) is 18.3. The molecule has 0 unspecified atom stereocenters. The van der Waals surface area contributed by atoms with Crippen molar-refractivity contribution in [3.8, 4) is 0 Å². The zero-order valence-corrected chi connectivity index (χ0v) is 12.8. The highest BCUT2D eigenvalue weighted by molar-refractivity contribution is 5.94. The minimum Gasteiger partial charge on any atom is -0.396 e.